The van der Waals surface area contributed by atoms with Gasteiger partial charge in [-0.15, -0.1) is 0 Å². The number of hydrogen-bond acceptors (Lipinski definition) is 6. The fourth-order valence-corrected chi connectivity index (χ4v) is 4.55. The monoisotopic (exact) mass is 556 g/mol. The average molecular weight is 557 g/mol. The standard InChI is InChI=1S/C28H23F3N2O5S/c1-3-37-22-12-17(7-10-21(22)38-15-18-6-4-5-16(2)11-18)13-23-27(35)33(28(36)39-23)14-24(34)32-20-9-8-19(29)25(30)26(20)31/h4-13H,3,14-15H2,1-2H3,(H,32,34)/b23-13-. The van der Waals surface area contributed by atoms with E-state index in [0.29, 0.717) is 53.0 Å². The molecule has 0 radical (unpaired) electrons. The van der Waals surface area contributed by atoms with E-state index in [1.165, 1.54) is 6.08 Å². The largest absolute Gasteiger partial charge is 0.490 e. The third kappa shape index (κ3) is 6.61. The number of hydrogen-bond donors (Lipinski definition) is 1. The van der Waals surface area contributed by atoms with Crippen molar-refractivity contribution in [2.24, 2.45) is 0 Å². The summed E-state index contributed by atoms with van der Waals surface area (Å²) in [5.41, 5.74) is 2.04. The SMILES string of the molecule is CCOc1cc(/C=C2\SC(=O)N(CC(=O)Nc3ccc(F)c(F)c3F)C2=O)ccc1OCc1cccc(C)c1. The Morgan fingerprint density at radius 2 is 1.79 bits per heavy atom. The van der Waals surface area contributed by atoms with Crippen LogP contribution in [0.15, 0.2) is 59.5 Å². The predicted molar refractivity (Wildman–Crippen MR) is 141 cm³/mol. The van der Waals surface area contributed by atoms with E-state index < -0.39 is 46.7 Å². The molecule has 0 unspecified atom stereocenters. The van der Waals surface area contributed by atoms with Crippen molar-refractivity contribution in [3.05, 3.63) is 93.6 Å². The Morgan fingerprint density at radius 3 is 2.54 bits per heavy atom. The molecule has 0 spiro atoms. The molecule has 0 atom stereocenters. The molecule has 39 heavy (non-hydrogen) atoms. The van der Waals surface area contributed by atoms with Crippen LogP contribution in [0.5, 0.6) is 11.5 Å². The highest BCUT2D eigenvalue weighted by molar-refractivity contribution is 8.18. The Labute approximate surface area is 226 Å². The van der Waals surface area contributed by atoms with Gasteiger partial charge in [-0.3, -0.25) is 19.3 Å². The van der Waals surface area contributed by atoms with E-state index in [0.717, 1.165) is 17.2 Å². The number of ether oxygens (including phenoxy) is 2. The quantitative estimate of drug-likeness (QED) is 0.255. The van der Waals surface area contributed by atoms with Crippen LogP contribution in [-0.2, 0) is 16.2 Å². The van der Waals surface area contributed by atoms with Gasteiger partial charge in [-0.1, -0.05) is 35.9 Å². The van der Waals surface area contributed by atoms with E-state index >= 15 is 0 Å². The topological polar surface area (TPSA) is 84.9 Å². The molecule has 7 nitrogen and oxygen atoms in total. The van der Waals surface area contributed by atoms with Gasteiger partial charge >= 0.3 is 0 Å². The maximum atomic E-state index is 13.9. The first kappa shape index (κ1) is 27.8. The van der Waals surface area contributed by atoms with Gasteiger partial charge in [-0.25, -0.2) is 13.2 Å². The number of anilines is 1. The third-order valence-electron chi connectivity index (χ3n) is 5.53. The van der Waals surface area contributed by atoms with Gasteiger partial charge in [-0.2, -0.15) is 0 Å². The van der Waals surface area contributed by atoms with Crippen molar-refractivity contribution in [3.8, 4) is 11.5 Å². The number of rotatable bonds is 9. The zero-order valence-corrected chi connectivity index (χ0v) is 21.7. The summed E-state index contributed by atoms with van der Waals surface area (Å²) in [5.74, 6) is -5.50. The fourth-order valence-electron chi connectivity index (χ4n) is 3.71. The maximum absolute atomic E-state index is 13.9. The molecule has 202 valence electrons. The molecule has 0 bridgehead atoms. The number of nitrogens with one attached hydrogen (secondary N) is 1. The molecule has 0 aromatic heterocycles. The molecule has 3 amide bonds. The minimum absolute atomic E-state index is 0.0580. The van der Waals surface area contributed by atoms with Crippen molar-refractivity contribution in [3.63, 3.8) is 0 Å². The molecule has 1 fully saturated rings. The first-order valence-corrected chi connectivity index (χ1v) is 12.6. The lowest BCUT2D eigenvalue weighted by Gasteiger charge is -2.13. The Hall–Kier alpha value is -4.25. The number of amides is 3. The maximum Gasteiger partial charge on any atom is 0.294 e. The number of carbonyl (C=O) groups is 3. The number of aryl methyl sites for hydroxylation is 1. The molecular formula is C28H23F3N2O5S. The first-order valence-electron chi connectivity index (χ1n) is 11.8. The van der Waals surface area contributed by atoms with E-state index in [2.05, 4.69) is 0 Å². The van der Waals surface area contributed by atoms with Crippen molar-refractivity contribution in [2.75, 3.05) is 18.5 Å². The van der Waals surface area contributed by atoms with Crippen molar-refractivity contribution in [1.82, 2.24) is 4.90 Å². The fraction of sp³-hybridized carbons (Fsp3) is 0.179. The molecule has 0 aliphatic carbocycles. The summed E-state index contributed by atoms with van der Waals surface area (Å²) >= 11 is 0.628. The Bertz CT molecular complexity index is 1480. The molecule has 1 saturated heterocycles. The summed E-state index contributed by atoms with van der Waals surface area (Å²) in [6.07, 6.45) is 1.48. The van der Waals surface area contributed by atoms with Gasteiger partial charge in [0.05, 0.1) is 17.2 Å². The summed E-state index contributed by atoms with van der Waals surface area (Å²) in [6, 6.07) is 14.4. The van der Waals surface area contributed by atoms with Crippen LogP contribution >= 0.6 is 11.8 Å². The second kappa shape index (κ2) is 12.1. The molecule has 0 saturated carbocycles. The normalized spacial score (nSPS) is 14.2. The minimum Gasteiger partial charge on any atom is -0.490 e. The number of thioether (sulfide) groups is 1. The second-order valence-electron chi connectivity index (χ2n) is 8.46. The van der Waals surface area contributed by atoms with Gasteiger partial charge < -0.3 is 14.8 Å². The van der Waals surface area contributed by atoms with Crippen LogP contribution in [0.25, 0.3) is 6.08 Å². The van der Waals surface area contributed by atoms with Crippen LogP contribution in [0.3, 0.4) is 0 Å². The van der Waals surface area contributed by atoms with Crippen molar-refractivity contribution < 1.29 is 37.0 Å². The van der Waals surface area contributed by atoms with E-state index in [9.17, 15) is 27.6 Å². The molecule has 1 aliphatic heterocycles. The zero-order chi connectivity index (χ0) is 28.1. The highest BCUT2D eigenvalue weighted by Crippen LogP contribution is 2.35. The molecular weight excluding hydrogens is 533 g/mol. The van der Waals surface area contributed by atoms with E-state index in [1.54, 1.807) is 18.2 Å². The molecule has 1 N–H and O–H groups in total. The number of halogens is 3. The van der Waals surface area contributed by atoms with Crippen LogP contribution < -0.4 is 14.8 Å². The summed E-state index contributed by atoms with van der Waals surface area (Å²) in [7, 11) is 0. The molecule has 1 heterocycles. The van der Waals surface area contributed by atoms with Crippen molar-refractivity contribution in [1.29, 1.82) is 0 Å². The molecule has 11 heteroatoms. The summed E-state index contributed by atoms with van der Waals surface area (Å²) in [5, 5.41) is 1.33. The zero-order valence-electron chi connectivity index (χ0n) is 20.9. The molecule has 3 aromatic carbocycles. The van der Waals surface area contributed by atoms with E-state index in [1.807, 2.05) is 43.4 Å². The van der Waals surface area contributed by atoms with Gasteiger partial charge in [0.25, 0.3) is 11.1 Å². The lowest BCUT2D eigenvalue weighted by molar-refractivity contribution is -0.127. The summed E-state index contributed by atoms with van der Waals surface area (Å²) in [4.78, 5) is 38.3. The Kier molecular flexibility index (Phi) is 8.60. The van der Waals surface area contributed by atoms with Crippen molar-refractivity contribution >= 4 is 40.6 Å². The molecule has 3 aromatic rings. The highest BCUT2D eigenvalue weighted by Gasteiger charge is 2.36. The lowest BCUT2D eigenvalue weighted by atomic mass is 10.1. The highest BCUT2D eigenvalue weighted by atomic mass is 32.2. The van der Waals surface area contributed by atoms with E-state index in [-0.39, 0.29) is 4.91 Å². The average Bonchev–Trinajstić information content (AvgIpc) is 3.16. The van der Waals surface area contributed by atoms with Crippen LogP contribution in [0.2, 0.25) is 0 Å². The van der Waals surface area contributed by atoms with Gasteiger partial charge in [0.15, 0.2) is 29.0 Å². The number of carbonyl (C=O) groups excluding carboxylic acids is 3. The van der Waals surface area contributed by atoms with Gasteiger partial charge in [0.2, 0.25) is 5.91 Å². The van der Waals surface area contributed by atoms with Crippen molar-refractivity contribution in [2.45, 2.75) is 20.5 Å². The number of imide groups is 1. The van der Waals surface area contributed by atoms with Crippen LogP contribution in [0.4, 0.5) is 23.7 Å². The summed E-state index contributed by atoms with van der Waals surface area (Å²) in [6.45, 7) is 3.77. The lowest BCUT2D eigenvalue weighted by Crippen LogP contribution is -2.36. The second-order valence-corrected chi connectivity index (χ2v) is 9.45. The van der Waals surface area contributed by atoms with Gasteiger partial charge in [0, 0.05) is 0 Å². The van der Waals surface area contributed by atoms with Crippen LogP contribution in [0, 0.1) is 24.4 Å². The predicted octanol–water partition coefficient (Wildman–Crippen LogP) is 6.07. The van der Waals surface area contributed by atoms with Gasteiger partial charge in [0.1, 0.15) is 13.2 Å². The Morgan fingerprint density at radius 1 is 1.00 bits per heavy atom. The third-order valence-corrected chi connectivity index (χ3v) is 6.43. The number of benzene rings is 3. The Balaban J connectivity index is 1.45. The summed E-state index contributed by atoms with van der Waals surface area (Å²) < 4.78 is 52.0. The van der Waals surface area contributed by atoms with Gasteiger partial charge in [-0.05, 0) is 67.1 Å². The number of nitrogens with zero attached hydrogens (tertiary/aromatic N) is 1. The minimum atomic E-state index is -1.75. The first-order chi connectivity index (χ1) is 18.7. The smallest absolute Gasteiger partial charge is 0.294 e. The molecule has 4 rings (SSSR count). The van der Waals surface area contributed by atoms with Crippen LogP contribution in [-0.4, -0.2) is 35.1 Å². The van der Waals surface area contributed by atoms with Crippen LogP contribution in [0.1, 0.15) is 23.6 Å². The molecule has 1 aliphatic rings. The van der Waals surface area contributed by atoms with E-state index in [4.69, 9.17) is 9.47 Å².